The van der Waals surface area contributed by atoms with Gasteiger partial charge in [-0.05, 0) is 58.1 Å². The molecule has 0 atom stereocenters. The highest BCUT2D eigenvalue weighted by Gasteiger charge is 2.26. The van der Waals surface area contributed by atoms with E-state index >= 15 is 0 Å². The highest BCUT2D eigenvalue weighted by Crippen LogP contribution is 2.23. The summed E-state index contributed by atoms with van der Waals surface area (Å²) in [6.07, 6.45) is 2.88. The standard InChI is InChI=1S/C19H26FNO4/c1-19(2,3)25-18(23)21-9-6-14(7-10-21)8-11-24-16-5-4-15(13-22)17(20)12-16/h4-5,12-14H,6-11H2,1-3H3. The average Bonchev–Trinajstić information content (AvgIpc) is 2.54. The molecule has 0 aliphatic carbocycles. The molecular weight excluding hydrogens is 325 g/mol. The van der Waals surface area contributed by atoms with Crippen molar-refractivity contribution >= 4 is 12.4 Å². The Hall–Kier alpha value is -2.11. The van der Waals surface area contributed by atoms with E-state index in [0.717, 1.165) is 19.3 Å². The van der Waals surface area contributed by atoms with Crippen molar-refractivity contribution in [2.24, 2.45) is 5.92 Å². The summed E-state index contributed by atoms with van der Waals surface area (Å²) >= 11 is 0. The van der Waals surface area contributed by atoms with Crippen molar-refractivity contribution in [3.05, 3.63) is 29.6 Å². The highest BCUT2D eigenvalue weighted by atomic mass is 19.1. The average molecular weight is 351 g/mol. The molecule has 1 heterocycles. The summed E-state index contributed by atoms with van der Waals surface area (Å²) in [6.45, 7) is 7.43. The third kappa shape index (κ3) is 6.03. The molecule has 1 saturated heterocycles. The number of hydrogen-bond acceptors (Lipinski definition) is 4. The van der Waals surface area contributed by atoms with Crippen molar-refractivity contribution in [1.82, 2.24) is 4.90 Å². The molecule has 1 aliphatic heterocycles. The van der Waals surface area contributed by atoms with Crippen LogP contribution in [0.1, 0.15) is 50.4 Å². The summed E-state index contributed by atoms with van der Waals surface area (Å²) in [7, 11) is 0. The second kappa shape index (κ2) is 8.32. The molecule has 1 aromatic carbocycles. The molecule has 2 rings (SSSR count). The number of hydrogen-bond donors (Lipinski definition) is 0. The second-order valence-electron chi connectivity index (χ2n) is 7.35. The van der Waals surface area contributed by atoms with Gasteiger partial charge in [0.25, 0.3) is 0 Å². The summed E-state index contributed by atoms with van der Waals surface area (Å²) in [5, 5.41) is 0. The summed E-state index contributed by atoms with van der Waals surface area (Å²) in [4.78, 5) is 24.4. The van der Waals surface area contributed by atoms with E-state index < -0.39 is 11.4 Å². The van der Waals surface area contributed by atoms with E-state index in [4.69, 9.17) is 9.47 Å². The topological polar surface area (TPSA) is 55.8 Å². The molecule has 1 aromatic rings. The lowest BCUT2D eigenvalue weighted by Gasteiger charge is -2.33. The van der Waals surface area contributed by atoms with E-state index in [-0.39, 0.29) is 11.7 Å². The SMILES string of the molecule is CC(C)(C)OC(=O)N1CCC(CCOc2ccc(C=O)c(F)c2)CC1. The zero-order valence-electron chi connectivity index (χ0n) is 15.1. The molecule has 1 amide bonds. The zero-order chi connectivity index (χ0) is 18.4. The number of amides is 1. The Bertz CT molecular complexity index is 604. The Labute approximate surface area is 148 Å². The van der Waals surface area contributed by atoms with Gasteiger partial charge in [0, 0.05) is 19.2 Å². The first-order valence-corrected chi connectivity index (χ1v) is 8.64. The lowest BCUT2D eigenvalue weighted by molar-refractivity contribution is 0.0177. The Morgan fingerprint density at radius 2 is 2.00 bits per heavy atom. The molecule has 0 aromatic heterocycles. The van der Waals surface area contributed by atoms with Crippen LogP contribution in [0.25, 0.3) is 0 Å². The lowest BCUT2D eigenvalue weighted by Crippen LogP contribution is -2.41. The normalized spacial score (nSPS) is 15.8. The van der Waals surface area contributed by atoms with Gasteiger partial charge < -0.3 is 14.4 Å². The first-order valence-electron chi connectivity index (χ1n) is 8.64. The van der Waals surface area contributed by atoms with E-state index in [0.29, 0.717) is 37.6 Å². The third-order valence-electron chi connectivity index (χ3n) is 4.16. The minimum absolute atomic E-state index is 0.0295. The molecule has 6 heteroatoms. The number of rotatable bonds is 5. The Morgan fingerprint density at radius 1 is 1.32 bits per heavy atom. The van der Waals surface area contributed by atoms with Gasteiger partial charge in [-0.3, -0.25) is 4.79 Å². The number of likely N-dealkylation sites (tertiary alicyclic amines) is 1. The maximum atomic E-state index is 13.5. The van der Waals surface area contributed by atoms with E-state index in [2.05, 4.69) is 0 Å². The van der Waals surface area contributed by atoms with Gasteiger partial charge in [-0.25, -0.2) is 9.18 Å². The Morgan fingerprint density at radius 3 is 2.56 bits per heavy atom. The maximum absolute atomic E-state index is 13.5. The molecule has 0 unspecified atom stereocenters. The highest BCUT2D eigenvalue weighted by molar-refractivity contribution is 5.75. The molecule has 1 aliphatic rings. The number of benzene rings is 1. The van der Waals surface area contributed by atoms with Crippen LogP contribution in [0.3, 0.4) is 0 Å². The predicted molar refractivity (Wildman–Crippen MR) is 92.4 cm³/mol. The van der Waals surface area contributed by atoms with Crippen molar-refractivity contribution < 1.29 is 23.5 Å². The smallest absolute Gasteiger partial charge is 0.410 e. The van der Waals surface area contributed by atoms with Gasteiger partial charge in [-0.2, -0.15) is 0 Å². The maximum Gasteiger partial charge on any atom is 0.410 e. The number of aldehydes is 1. The van der Waals surface area contributed by atoms with Gasteiger partial charge in [0.1, 0.15) is 17.2 Å². The van der Waals surface area contributed by atoms with Gasteiger partial charge in [0.15, 0.2) is 6.29 Å². The minimum atomic E-state index is -0.571. The Kier molecular flexibility index (Phi) is 6.39. The fourth-order valence-electron chi connectivity index (χ4n) is 2.77. The van der Waals surface area contributed by atoms with Gasteiger partial charge in [0.2, 0.25) is 0 Å². The number of carbonyl (C=O) groups is 2. The van der Waals surface area contributed by atoms with E-state index in [1.54, 1.807) is 11.0 Å². The van der Waals surface area contributed by atoms with Gasteiger partial charge in [-0.1, -0.05) is 0 Å². The van der Waals surface area contributed by atoms with Crippen molar-refractivity contribution in [3.63, 3.8) is 0 Å². The van der Waals surface area contributed by atoms with E-state index in [9.17, 15) is 14.0 Å². The number of halogens is 1. The molecule has 0 saturated carbocycles. The summed E-state index contributed by atoms with van der Waals surface area (Å²) in [5.74, 6) is 0.324. The van der Waals surface area contributed by atoms with Crippen molar-refractivity contribution in [2.45, 2.75) is 45.6 Å². The molecule has 0 bridgehead atoms. The molecule has 0 spiro atoms. The fraction of sp³-hybridized carbons (Fsp3) is 0.579. The van der Waals surface area contributed by atoms with Gasteiger partial charge >= 0.3 is 6.09 Å². The molecule has 0 radical (unpaired) electrons. The molecule has 138 valence electrons. The molecule has 0 N–H and O–H groups in total. The van der Waals surface area contributed by atoms with Crippen molar-refractivity contribution in [1.29, 1.82) is 0 Å². The second-order valence-corrected chi connectivity index (χ2v) is 7.35. The van der Waals surface area contributed by atoms with Crippen LogP contribution in [0.15, 0.2) is 18.2 Å². The van der Waals surface area contributed by atoms with Crippen molar-refractivity contribution in [3.8, 4) is 5.75 Å². The molecule has 1 fully saturated rings. The van der Waals surface area contributed by atoms with Crippen LogP contribution in [-0.2, 0) is 4.74 Å². The summed E-state index contributed by atoms with van der Waals surface area (Å²) in [6, 6.07) is 4.24. The first-order chi connectivity index (χ1) is 11.8. The van der Waals surface area contributed by atoms with Crippen LogP contribution >= 0.6 is 0 Å². The predicted octanol–water partition coefficient (Wildman–Crippen LogP) is 4.05. The number of piperidine rings is 1. The number of ether oxygens (including phenoxy) is 2. The van der Waals surface area contributed by atoms with Crippen LogP contribution in [0.4, 0.5) is 9.18 Å². The number of carbonyl (C=O) groups excluding carboxylic acids is 2. The largest absolute Gasteiger partial charge is 0.493 e. The molecule has 25 heavy (non-hydrogen) atoms. The number of nitrogens with zero attached hydrogens (tertiary/aromatic N) is 1. The third-order valence-corrected chi connectivity index (χ3v) is 4.16. The molecular formula is C19H26FNO4. The van der Waals surface area contributed by atoms with Crippen LogP contribution in [0.2, 0.25) is 0 Å². The van der Waals surface area contributed by atoms with E-state index in [1.165, 1.54) is 12.1 Å². The lowest BCUT2D eigenvalue weighted by atomic mass is 9.94. The van der Waals surface area contributed by atoms with Gasteiger partial charge in [0.05, 0.1) is 12.2 Å². The van der Waals surface area contributed by atoms with E-state index in [1.807, 2.05) is 20.8 Å². The summed E-state index contributed by atoms with van der Waals surface area (Å²) < 4.78 is 24.5. The first kappa shape index (κ1) is 19.2. The monoisotopic (exact) mass is 351 g/mol. The molecule has 5 nitrogen and oxygen atoms in total. The van der Waals surface area contributed by atoms with Crippen LogP contribution in [0.5, 0.6) is 5.75 Å². The minimum Gasteiger partial charge on any atom is -0.493 e. The van der Waals surface area contributed by atoms with Crippen LogP contribution in [-0.4, -0.2) is 42.6 Å². The fourth-order valence-corrected chi connectivity index (χ4v) is 2.77. The van der Waals surface area contributed by atoms with Crippen LogP contribution in [0, 0.1) is 11.7 Å². The van der Waals surface area contributed by atoms with Gasteiger partial charge in [-0.15, -0.1) is 0 Å². The summed E-state index contributed by atoms with van der Waals surface area (Å²) in [5.41, 5.74) is -0.446. The zero-order valence-corrected chi connectivity index (χ0v) is 15.1. The quantitative estimate of drug-likeness (QED) is 0.751. The Balaban J connectivity index is 1.71. The van der Waals surface area contributed by atoms with Crippen molar-refractivity contribution in [2.75, 3.05) is 19.7 Å². The van der Waals surface area contributed by atoms with Crippen LogP contribution < -0.4 is 4.74 Å².